The molecule has 7 nitrogen and oxygen atoms in total. The Morgan fingerprint density at radius 1 is 1.36 bits per heavy atom. The van der Waals surface area contributed by atoms with Crippen molar-refractivity contribution in [3.8, 4) is 6.07 Å². The van der Waals surface area contributed by atoms with E-state index in [1.165, 1.54) is 8.61 Å². The van der Waals surface area contributed by atoms with Crippen LogP contribution in [0, 0.1) is 11.3 Å². The van der Waals surface area contributed by atoms with Gasteiger partial charge in [-0.05, 0) is 20.8 Å². The van der Waals surface area contributed by atoms with Gasteiger partial charge in [-0.25, -0.2) is 0 Å². The zero-order valence-corrected chi connectivity index (χ0v) is 15.0. The molecule has 0 bridgehead atoms. The Morgan fingerprint density at radius 2 is 1.91 bits per heavy atom. The number of piperazine rings is 1. The topological polar surface area (TPSA) is 76.9 Å². The molecule has 0 radical (unpaired) electrons. The third-order valence-corrected chi connectivity index (χ3v) is 6.36. The van der Waals surface area contributed by atoms with E-state index in [-0.39, 0.29) is 24.5 Å². The first kappa shape index (κ1) is 19.3. The maximum atomic E-state index is 12.7. The molecule has 128 valence electrons. The largest absolute Gasteiger partial charge is 0.383 e. The lowest BCUT2D eigenvalue weighted by molar-refractivity contribution is 0.0474. The summed E-state index contributed by atoms with van der Waals surface area (Å²) in [5.41, 5.74) is 0. The van der Waals surface area contributed by atoms with E-state index in [9.17, 15) is 8.42 Å². The number of ether oxygens (including phenoxy) is 1. The number of methoxy groups -OCH3 is 1. The van der Waals surface area contributed by atoms with Gasteiger partial charge in [-0.1, -0.05) is 0 Å². The van der Waals surface area contributed by atoms with E-state index in [0.29, 0.717) is 19.7 Å². The molecule has 0 aromatic carbocycles. The van der Waals surface area contributed by atoms with Crippen molar-refractivity contribution < 1.29 is 13.2 Å². The van der Waals surface area contributed by atoms with Crippen LogP contribution in [0.4, 0.5) is 0 Å². The summed E-state index contributed by atoms with van der Waals surface area (Å²) in [6.45, 7) is 8.18. The van der Waals surface area contributed by atoms with Crippen LogP contribution >= 0.6 is 0 Å². The summed E-state index contributed by atoms with van der Waals surface area (Å²) in [5, 5.41) is 8.76. The van der Waals surface area contributed by atoms with E-state index in [0.717, 1.165) is 6.54 Å². The number of nitriles is 1. The average molecular weight is 332 g/mol. The maximum absolute atomic E-state index is 12.7. The van der Waals surface area contributed by atoms with Gasteiger partial charge in [-0.15, -0.1) is 0 Å². The van der Waals surface area contributed by atoms with Gasteiger partial charge in [-0.2, -0.15) is 22.3 Å². The molecule has 1 heterocycles. The molecule has 0 aliphatic carbocycles. The van der Waals surface area contributed by atoms with Crippen LogP contribution < -0.4 is 0 Å². The molecule has 22 heavy (non-hydrogen) atoms. The second-order valence-electron chi connectivity index (χ2n) is 5.98. The van der Waals surface area contributed by atoms with Crippen LogP contribution in [-0.4, -0.2) is 80.5 Å². The molecule has 3 atom stereocenters. The average Bonchev–Trinajstić information content (AvgIpc) is 2.45. The van der Waals surface area contributed by atoms with Crippen LogP contribution in [-0.2, 0) is 14.9 Å². The van der Waals surface area contributed by atoms with Crippen molar-refractivity contribution >= 4 is 10.2 Å². The Kier molecular flexibility index (Phi) is 7.22. The van der Waals surface area contributed by atoms with Crippen LogP contribution in [0.15, 0.2) is 0 Å². The van der Waals surface area contributed by atoms with Gasteiger partial charge in [-0.3, -0.25) is 4.90 Å². The molecule has 0 unspecified atom stereocenters. The van der Waals surface area contributed by atoms with E-state index in [2.05, 4.69) is 4.90 Å². The minimum absolute atomic E-state index is 0.133. The Labute approximate surface area is 134 Å². The van der Waals surface area contributed by atoms with Gasteiger partial charge in [0.1, 0.15) is 0 Å². The molecule has 1 saturated heterocycles. The van der Waals surface area contributed by atoms with Crippen LogP contribution in [0.1, 0.15) is 27.2 Å². The fourth-order valence-corrected chi connectivity index (χ4v) is 4.51. The van der Waals surface area contributed by atoms with Gasteiger partial charge in [0.2, 0.25) is 0 Å². The van der Waals surface area contributed by atoms with Gasteiger partial charge < -0.3 is 4.74 Å². The zero-order chi connectivity index (χ0) is 16.9. The Balaban J connectivity index is 2.80. The van der Waals surface area contributed by atoms with Crippen molar-refractivity contribution in [1.29, 1.82) is 5.26 Å². The second-order valence-corrected chi connectivity index (χ2v) is 7.97. The monoisotopic (exact) mass is 332 g/mol. The summed E-state index contributed by atoms with van der Waals surface area (Å²) < 4.78 is 33.4. The molecule has 8 heteroatoms. The molecule has 1 fully saturated rings. The molecule has 0 aromatic heterocycles. The standard InChI is InChI=1S/C14H28N4O3S/c1-12(6-7-15)16(4)22(19,20)17-10-13(2)18(8-9-21-5)14(3)11-17/h12-14H,6,8-11H2,1-5H3/t12-,13-,14-/m1/s1. The van der Waals surface area contributed by atoms with Crippen molar-refractivity contribution in [1.82, 2.24) is 13.5 Å². The number of hydrogen-bond acceptors (Lipinski definition) is 5. The zero-order valence-electron chi connectivity index (χ0n) is 14.2. The predicted octanol–water partition coefficient (Wildman–Crippen LogP) is 0.506. The maximum Gasteiger partial charge on any atom is 0.282 e. The molecule has 0 saturated carbocycles. The fraction of sp³-hybridized carbons (Fsp3) is 0.929. The van der Waals surface area contributed by atoms with Crippen LogP contribution in [0.3, 0.4) is 0 Å². The summed E-state index contributed by atoms with van der Waals surface area (Å²) >= 11 is 0. The fourth-order valence-electron chi connectivity index (χ4n) is 2.80. The minimum atomic E-state index is -3.54. The highest BCUT2D eigenvalue weighted by Crippen LogP contribution is 2.21. The number of rotatable bonds is 7. The van der Waals surface area contributed by atoms with Gasteiger partial charge in [0.05, 0.1) is 19.1 Å². The van der Waals surface area contributed by atoms with Crippen molar-refractivity contribution in [3.63, 3.8) is 0 Å². The van der Waals surface area contributed by atoms with Crippen molar-refractivity contribution in [2.24, 2.45) is 0 Å². The van der Waals surface area contributed by atoms with E-state index < -0.39 is 10.2 Å². The quantitative estimate of drug-likeness (QED) is 0.679. The van der Waals surface area contributed by atoms with Crippen LogP contribution in [0.5, 0.6) is 0 Å². The number of nitrogens with zero attached hydrogens (tertiary/aromatic N) is 4. The second kappa shape index (κ2) is 8.22. The first-order valence-corrected chi connectivity index (χ1v) is 9.00. The van der Waals surface area contributed by atoms with Crippen LogP contribution in [0.2, 0.25) is 0 Å². The summed E-state index contributed by atoms with van der Waals surface area (Å²) in [6.07, 6.45) is 0.189. The van der Waals surface area contributed by atoms with Gasteiger partial charge in [0.25, 0.3) is 10.2 Å². The summed E-state index contributed by atoms with van der Waals surface area (Å²) in [7, 11) is -0.322. The Morgan fingerprint density at radius 3 is 2.36 bits per heavy atom. The lowest BCUT2D eigenvalue weighted by atomic mass is 10.1. The predicted molar refractivity (Wildman–Crippen MR) is 85.5 cm³/mol. The van der Waals surface area contributed by atoms with E-state index >= 15 is 0 Å². The lowest BCUT2D eigenvalue weighted by Gasteiger charge is -2.44. The molecule has 0 spiro atoms. The van der Waals surface area contributed by atoms with Gasteiger partial charge >= 0.3 is 0 Å². The van der Waals surface area contributed by atoms with Crippen molar-refractivity contribution in [3.05, 3.63) is 0 Å². The third kappa shape index (κ3) is 4.40. The summed E-state index contributed by atoms with van der Waals surface area (Å²) in [5.74, 6) is 0. The first-order valence-electron chi connectivity index (χ1n) is 7.60. The molecule has 0 amide bonds. The Hall–Kier alpha value is -0.720. The van der Waals surface area contributed by atoms with Crippen molar-refractivity contribution in [2.45, 2.75) is 45.3 Å². The molecule has 1 rings (SSSR count). The highest BCUT2D eigenvalue weighted by atomic mass is 32.2. The minimum Gasteiger partial charge on any atom is -0.383 e. The molecular formula is C14H28N4O3S. The van der Waals surface area contributed by atoms with Gasteiger partial charge in [0, 0.05) is 51.9 Å². The molecular weight excluding hydrogens is 304 g/mol. The number of hydrogen-bond donors (Lipinski definition) is 0. The highest BCUT2D eigenvalue weighted by molar-refractivity contribution is 7.86. The highest BCUT2D eigenvalue weighted by Gasteiger charge is 2.38. The molecule has 0 N–H and O–H groups in total. The normalized spacial score (nSPS) is 26.0. The van der Waals surface area contributed by atoms with Gasteiger partial charge in [0.15, 0.2) is 0 Å². The molecule has 1 aliphatic rings. The van der Waals surface area contributed by atoms with E-state index in [1.54, 1.807) is 21.1 Å². The van der Waals surface area contributed by atoms with E-state index in [4.69, 9.17) is 10.00 Å². The SMILES string of the molecule is COCCN1[C@H](C)CN(S(=O)(=O)N(C)[C@H](C)CC#N)C[C@H]1C. The summed E-state index contributed by atoms with van der Waals surface area (Å²) in [6, 6.07) is 1.96. The molecule has 0 aromatic rings. The summed E-state index contributed by atoms with van der Waals surface area (Å²) in [4.78, 5) is 2.27. The smallest absolute Gasteiger partial charge is 0.282 e. The third-order valence-electron chi connectivity index (χ3n) is 4.32. The molecule has 1 aliphatic heterocycles. The van der Waals surface area contributed by atoms with Crippen LogP contribution in [0.25, 0.3) is 0 Å². The Bertz CT molecular complexity index is 479. The first-order chi connectivity index (χ1) is 10.3. The van der Waals surface area contributed by atoms with E-state index in [1.807, 2.05) is 19.9 Å². The lowest BCUT2D eigenvalue weighted by Crippen LogP contribution is -2.60. The van der Waals surface area contributed by atoms with Crippen molar-refractivity contribution in [2.75, 3.05) is 40.4 Å².